The fourth-order valence-corrected chi connectivity index (χ4v) is 5.42. The number of aromatic nitrogens is 1. The molecule has 10 heteroatoms. The second-order valence-corrected chi connectivity index (χ2v) is 10.1. The van der Waals surface area contributed by atoms with Crippen molar-refractivity contribution in [2.24, 2.45) is 0 Å². The van der Waals surface area contributed by atoms with Crippen LogP contribution in [-0.2, 0) is 25.2 Å². The molecule has 0 saturated carbocycles. The molecule has 1 aliphatic rings. The van der Waals surface area contributed by atoms with Gasteiger partial charge in [0, 0.05) is 37.3 Å². The molecule has 31 heavy (non-hydrogen) atoms. The zero-order valence-corrected chi connectivity index (χ0v) is 19.3. The number of carbonyl (C=O) groups excluding carboxylic acids is 1. The number of aryl methyl sites for hydroxylation is 1. The minimum Gasteiger partial charge on any atom is -0.465 e. The summed E-state index contributed by atoms with van der Waals surface area (Å²) in [7, 11) is -2.59. The number of ether oxygens (including phenoxy) is 2. The third kappa shape index (κ3) is 6.19. The summed E-state index contributed by atoms with van der Waals surface area (Å²) in [4.78, 5) is 16.1. The van der Waals surface area contributed by atoms with E-state index in [4.69, 9.17) is 9.47 Å². The molecule has 0 spiro atoms. The van der Waals surface area contributed by atoms with E-state index in [1.54, 1.807) is 11.8 Å². The Bertz CT molecular complexity index is 991. The molecule has 0 radical (unpaired) electrons. The van der Waals surface area contributed by atoms with Crippen molar-refractivity contribution in [3.63, 3.8) is 0 Å². The second-order valence-electron chi connectivity index (χ2n) is 7.04. The number of nitrogens with zero attached hydrogens (tertiary/aromatic N) is 2. The van der Waals surface area contributed by atoms with Gasteiger partial charge in [0.2, 0.25) is 10.0 Å². The average molecular weight is 466 g/mol. The Morgan fingerprint density at radius 3 is 2.65 bits per heavy atom. The minimum absolute atomic E-state index is 0.0270. The van der Waals surface area contributed by atoms with Crippen LogP contribution in [-0.4, -0.2) is 69.4 Å². The lowest BCUT2D eigenvalue weighted by atomic mass is 10.2. The van der Waals surface area contributed by atoms with E-state index in [1.807, 2.05) is 0 Å². The molecule has 0 bridgehead atoms. The highest BCUT2D eigenvalue weighted by atomic mass is 32.2. The normalized spacial score (nSPS) is 14.9. The van der Waals surface area contributed by atoms with Crippen LogP contribution < -0.4 is 5.32 Å². The number of methoxy groups -OCH3 is 1. The van der Waals surface area contributed by atoms with Crippen LogP contribution in [0.25, 0.3) is 0 Å². The van der Waals surface area contributed by atoms with Crippen molar-refractivity contribution in [2.75, 3.05) is 51.0 Å². The van der Waals surface area contributed by atoms with Gasteiger partial charge in [-0.3, -0.25) is 0 Å². The van der Waals surface area contributed by atoms with Gasteiger partial charge >= 0.3 is 5.97 Å². The topological polar surface area (TPSA) is 97.8 Å². The Balaban J connectivity index is 1.69. The van der Waals surface area contributed by atoms with Gasteiger partial charge in [0.25, 0.3) is 0 Å². The molecule has 1 aromatic heterocycles. The van der Waals surface area contributed by atoms with Gasteiger partial charge < -0.3 is 14.8 Å². The summed E-state index contributed by atoms with van der Waals surface area (Å²) in [5.74, 6) is 1.24. The Morgan fingerprint density at radius 2 is 1.97 bits per heavy atom. The van der Waals surface area contributed by atoms with E-state index in [0.29, 0.717) is 19.8 Å². The number of morpholine rings is 1. The van der Waals surface area contributed by atoms with E-state index < -0.39 is 16.0 Å². The first kappa shape index (κ1) is 23.5. The smallest absolute Gasteiger partial charge is 0.339 e. The maximum atomic E-state index is 13.2. The summed E-state index contributed by atoms with van der Waals surface area (Å²) >= 11 is 1.74. The number of rotatable bonds is 9. The van der Waals surface area contributed by atoms with Crippen LogP contribution in [0.15, 0.2) is 41.4 Å². The van der Waals surface area contributed by atoms with E-state index in [-0.39, 0.29) is 29.4 Å². The summed E-state index contributed by atoms with van der Waals surface area (Å²) in [6, 6.07) is 9.71. The fourth-order valence-electron chi connectivity index (χ4n) is 3.05. The van der Waals surface area contributed by atoms with Crippen molar-refractivity contribution in [1.29, 1.82) is 0 Å². The van der Waals surface area contributed by atoms with Gasteiger partial charge in [-0.15, -0.1) is 0 Å². The number of carbonyl (C=O) groups is 1. The molecule has 168 valence electrons. The van der Waals surface area contributed by atoms with E-state index in [2.05, 4.69) is 41.5 Å². The van der Waals surface area contributed by atoms with Crippen LogP contribution in [0.1, 0.15) is 21.5 Å². The Hall–Kier alpha value is -2.14. The lowest BCUT2D eigenvalue weighted by Gasteiger charge is -2.27. The molecular formula is C21H27N3O5S2. The summed E-state index contributed by atoms with van der Waals surface area (Å²) in [5, 5.41) is 3.12. The van der Waals surface area contributed by atoms with E-state index in [9.17, 15) is 13.2 Å². The number of hydrogen-bond acceptors (Lipinski definition) is 8. The largest absolute Gasteiger partial charge is 0.465 e. The third-order valence-corrected chi connectivity index (χ3v) is 7.73. The standard InChI is InChI=1S/C21H27N3O5S2/c1-16-3-5-17(6-4-16)15-30-12-7-22-20-19(13-18(14-23-20)21(25)28-2)31(26,27)24-8-10-29-11-9-24/h3-6,13-14H,7-12,15H2,1-2H3,(H,22,23). The van der Waals surface area contributed by atoms with Crippen molar-refractivity contribution in [3.8, 4) is 0 Å². The summed E-state index contributed by atoms with van der Waals surface area (Å²) in [6.45, 7) is 3.78. The summed E-state index contributed by atoms with van der Waals surface area (Å²) in [5.41, 5.74) is 2.56. The van der Waals surface area contributed by atoms with Crippen LogP contribution in [0.5, 0.6) is 0 Å². The number of benzene rings is 1. The number of nitrogens with one attached hydrogen (secondary N) is 1. The maximum absolute atomic E-state index is 13.2. The molecule has 1 saturated heterocycles. The second kappa shape index (κ2) is 10.9. The van der Waals surface area contributed by atoms with Gasteiger partial charge in [0.15, 0.2) is 0 Å². The Labute approximate surface area is 187 Å². The molecule has 0 aliphatic carbocycles. The molecule has 0 unspecified atom stereocenters. The average Bonchev–Trinajstić information content (AvgIpc) is 2.80. The van der Waals surface area contributed by atoms with Gasteiger partial charge in [-0.2, -0.15) is 16.1 Å². The Kier molecular flexibility index (Phi) is 8.30. The number of pyridine rings is 1. The quantitative estimate of drug-likeness (QED) is 0.446. The van der Waals surface area contributed by atoms with Gasteiger partial charge in [0.1, 0.15) is 10.7 Å². The third-order valence-electron chi connectivity index (χ3n) is 4.79. The zero-order valence-electron chi connectivity index (χ0n) is 17.7. The van der Waals surface area contributed by atoms with Crippen LogP contribution >= 0.6 is 11.8 Å². The predicted molar refractivity (Wildman–Crippen MR) is 121 cm³/mol. The molecule has 2 heterocycles. The van der Waals surface area contributed by atoms with Crippen LogP contribution in [0.3, 0.4) is 0 Å². The zero-order chi connectivity index (χ0) is 22.3. The molecule has 3 rings (SSSR count). The van der Waals surface area contributed by atoms with Crippen LogP contribution in [0.4, 0.5) is 5.82 Å². The molecule has 1 aromatic carbocycles. The number of hydrogen-bond donors (Lipinski definition) is 1. The van der Waals surface area contributed by atoms with Crippen molar-refractivity contribution in [1.82, 2.24) is 9.29 Å². The van der Waals surface area contributed by atoms with Crippen molar-refractivity contribution >= 4 is 33.6 Å². The van der Waals surface area contributed by atoms with Crippen molar-refractivity contribution < 1.29 is 22.7 Å². The van der Waals surface area contributed by atoms with E-state index in [0.717, 1.165) is 11.5 Å². The highest BCUT2D eigenvalue weighted by molar-refractivity contribution is 7.98. The van der Waals surface area contributed by atoms with E-state index >= 15 is 0 Å². The van der Waals surface area contributed by atoms with Crippen molar-refractivity contribution in [2.45, 2.75) is 17.6 Å². The fraction of sp³-hybridized carbons (Fsp3) is 0.429. The molecule has 0 atom stereocenters. The number of sulfonamides is 1. The van der Waals surface area contributed by atoms with Crippen LogP contribution in [0, 0.1) is 6.92 Å². The number of esters is 1. The van der Waals surface area contributed by atoms with E-state index in [1.165, 1.54) is 34.8 Å². The predicted octanol–water partition coefficient (Wildman–Crippen LogP) is 2.54. The number of anilines is 1. The molecule has 1 aliphatic heterocycles. The van der Waals surface area contributed by atoms with Gasteiger partial charge in [-0.1, -0.05) is 29.8 Å². The maximum Gasteiger partial charge on any atom is 0.339 e. The molecule has 0 amide bonds. The SMILES string of the molecule is COC(=O)c1cnc(NCCSCc2ccc(C)cc2)c(S(=O)(=O)N2CCOCC2)c1. The lowest BCUT2D eigenvalue weighted by Crippen LogP contribution is -2.41. The molecule has 1 fully saturated rings. The summed E-state index contributed by atoms with van der Waals surface area (Å²) in [6.07, 6.45) is 1.33. The van der Waals surface area contributed by atoms with Crippen LogP contribution in [0.2, 0.25) is 0 Å². The van der Waals surface area contributed by atoms with Gasteiger partial charge in [-0.25, -0.2) is 18.2 Å². The first-order valence-corrected chi connectivity index (χ1v) is 12.5. The van der Waals surface area contributed by atoms with Crippen molar-refractivity contribution in [3.05, 3.63) is 53.2 Å². The molecule has 8 nitrogen and oxygen atoms in total. The molecular weight excluding hydrogens is 438 g/mol. The minimum atomic E-state index is -3.83. The Morgan fingerprint density at radius 1 is 1.26 bits per heavy atom. The first-order chi connectivity index (χ1) is 14.9. The highest BCUT2D eigenvalue weighted by Gasteiger charge is 2.30. The highest BCUT2D eigenvalue weighted by Crippen LogP contribution is 2.25. The van der Waals surface area contributed by atoms with Gasteiger partial charge in [-0.05, 0) is 18.6 Å². The molecule has 2 aromatic rings. The lowest BCUT2D eigenvalue weighted by molar-refractivity contribution is 0.0600. The number of thioether (sulfide) groups is 1. The monoisotopic (exact) mass is 465 g/mol. The summed E-state index contributed by atoms with van der Waals surface area (Å²) < 4.78 is 37.7. The molecule has 1 N–H and O–H groups in total. The van der Waals surface area contributed by atoms with Gasteiger partial charge in [0.05, 0.1) is 25.9 Å². The first-order valence-electron chi connectivity index (χ1n) is 9.95.